The third-order valence-electron chi connectivity index (χ3n) is 1.50. The van der Waals surface area contributed by atoms with Crippen LogP contribution in [0.15, 0.2) is 31.5 Å². The van der Waals surface area contributed by atoms with Crippen LogP contribution in [0.5, 0.6) is 0 Å². The lowest BCUT2D eigenvalue weighted by atomic mass is 10.1. The van der Waals surface area contributed by atoms with Crippen molar-refractivity contribution in [1.82, 2.24) is 4.98 Å². The monoisotopic (exact) mass is 163 g/mol. The van der Waals surface area contributed by atoms with Crippen LogP contribution in [0.3, 0.4) is 0 Å². The minimum absolute atomic E-state index is 0.421. The van der Waals surface area contributed by atoms with Crippen LogP contribution in [-0.2, 0) is 0 Å². The van der Waals surface area contributed by atoms with Gasteiger partial charge in [-0.05, 0) is 24.6 Å². The van der Waals surface area contributed by atoms with Crippen molar-refractivity contribution >= 4 is 11.4 Å². The van der Waals surface area contributed by atoms with Crippen molar-refractivity contribution < 1.29 is 4.39 Å². The van der Waals surface area contributed by atoms with Crippen LogP contribution in [0.2, 0.25) is 0 Å². The molecule has 0 aliphatic carbocycles. The van der Waals surface area contributed by atoms with Gasteiger partial charge >= 0.3 is 0 Å². The van der Waals surface area contributed by atoms with Crippen LogP contribution in [0, 0.1) is 0 Å². The maximum Gasteiger partial charge on any atom is 0.125 e. The maximum atomic E-state index is 12.8. The van der Waals surface area contributed by atoms with E-state index in [9.17, 15) is 4.39 Å². The Morgan fingerprint density at radius 1 is 1.50 bits per heavy atom. The molecule has 12 heavy (non-hydrogen) atoms. The summed E-state index contributed by atoms with van der Waals surface area (Å²) in [6.07, 6.45) is 1.61. The van der Waals surface area contributed by atoms with E-state index in [1.54, 1.807) is 25.3 Å². The summed E-state index contributed by atoms with van der Waals surface area (Å²) in [7, 11) is 0. The van der Waals surface area contributed by atoms with Crippen LogP contribution in [-0.4, -0.2) is 4.98 Å². The lowest BCUT2D eigenvalue weighted by Crippen LogP contribution is -1.90. The third kappa shape index (κ3) is 1.59. The van der Waals surface area contributed by atoms with Gasteiger partial charge in [-0.25, -0.2) is 4.39 Å². The van der Waals surface area contributed by atoms with Crippen molar-refractivity contribution in [3.05, 3.63) is 42.7 Å². The Hall–Kier alpha value is -1.44. The SMILES string of the molecule is C=C(F)c1cccnc1C(=C)C. The molecule has 62 valence electrons. The Balaban J connectivity index is 3.27. The van der Waals surface area contributed by atoms with Crippen LogP contribution in [0.25, 0.3) is 11.4 Å². The Morgan fingerprint density at radius 3 is 2.58 bits per heavy atom. The predicted molar refractivity (Wildman–Crippen MR) is 49.1 cm³/mol. The van der Waals surface area contributed by atoms with E-state index in [-0.39, 0.29) is 0 Å². The zero-order valence-electron chi connectivity index (χ0n) is 6.97. The van der Waals surface area contributed by atoms with Gasteiger partial charge in [0.05, 0.1) is 5.69 Å². The van der Waals surface area contributed by atoms with Gasteiger partial charge in [-0.1, -0.05) is 13.2 Å². The van der Waals surface area contributed by atoms with E-state index in [2.05, 4.69) is 18.1 Å². The molecule has 0 aromatic carbocycles. The Kier molecular flexibility index (Phi) is 2.38. The average Bonchev–Trinajstić information content (AvgIpc) is 2.04. The van der Waals surface area contributed by atoms with Crippen molar-refractivity contribution in [2.75, 3.05) is 0 Å². The molecule has 0 N–H and O–H groups in total. The number of pyridine rings is 1. The lowest BCUT2D eigenvalue weighted by molar-refractivity contribution is 0.761. The van der Waals surface area contributed by atoms with E-state index in [4.69, 9.17) is 0 Å². The standard InChI is InChI=1S/C10H10FN/c1-7(2)10-9(8(3)11)5-4-6-12-10/h4-6H,1,3H2,2H3. The lowest BCUT2D eigenvalue weighted by Gasteiger charge is -2.03. The van der Waals surface area contributed by atoms with E-state index in [0.29, 0.717) is 11.3 Å². The summed E-state index contributed by atoms with van der Waals surface area (Å²) in [5, 5.41) is 0. The van der Waals surface area contributed by atoms with Gasteiger partial charge in [0.2, 0.25) is 0 Å². The molecule has 1 aromatic rings. The first-order chi connectivity index (χ1) is 5.63. The minimum Gasteiger partial charge on any atom is -0.256 e. The molecule has 0 aliphatic heterocycles. The molecule has 0 unspecified atom stereocenters. The smallest absolute Gasteiger partial charge is 0.125 e. The maximum absolute atomic E-state index is 12.8. The number of hydrogen-bond donors (Lipinski definition) is 0. The van der Waals surface area contributed by atoms with Gasteiger partial charge in [0.25, 0.3) is 0 Å². The fourth-order valence-electron chi connectivity index (χ4n) is 0.964. The number of rotatable bonds is 2. The molecule has 1 nitrogen and oxygen atoms in total. The highest BCUT2D eigenvalue weighted by atomic mass is 19.1. The zero-order valence-corrected chi connectivity index (χ0v) is 6.97. The average molecular weight is 163 g/mol. The molecule has 1 heterocycles. The predicted octanol–water partition coefficient (Wildman–Crippen LogP) is 3.05. The van der Waals surface area contributed by atoms with E-state index in [1.165, 1.54) is 0 Å². The molecule has 0 bridgehead atoms. The summed E-state index contributed by atoms with van der Waals surface area (Å²) in [4.78, 5) is 4.00. The second kappa shape index (κ2) is 3.30. The van der Waals surface area contributed by atoms with Crippen molar-refractivity contribution in [3.63, 3.8) is 0 Å². The molecular formula is C10H10FN. The van der Waals surface area contributed by atoms with Crippen molar-refractivity contribution in [2.45, 2.75) is 6.92 Å². The Bertz CT molecular complexity index is 295. The number of halogens is 1. The normalized spacial score (nSPS) is 9.50. The molecular weight excluding hydrogens is 153 g/mol. The van der Waals surface area contributed by atoms with Gasteiger partial charge in [0, 0.05) is 11.8 Å². The summed E-state index contributed by atoms with van der Waals surface area (Å²) < 4.78 is 12.8. The minimum atomic E-state index is -0.471. The number of aromatic nitrogens is 1. The van der Waals surface area contributed by atoms with Gasteiger partial charge in [-0.2, -0.15) is 0 Å². The van der Waals surface area contributed by atoms with Crippen molar-refractivity contribution in [3.8, 4) is 0 Å². The molecule has 0 aliphatic rings. The first-order valence-corrected chi connectivity index (χ1v) is 3.58. The van der Waals surface area contributed by atoms with Crippen LogP contribution in [0.4, 0.5) is 4.39 Å². The number of hydrogen-bond acceptors (Lipinski definition) is 1. The quantitative estimate of drug-likeness (QED) is 0.653. The second-order valence-electron chi connectivity index (χ2n) is 2.58. The summed E-state index contributed by atoms with van der Waals surface area (Å²) in [6.45, 7) is 8.71. The first-order valence-electron chi connectivity index (χ1n) is 3.58. The highest BCUT2D eigenvalue weighted by Crippen LogP contribution is 2.21. The highest BCUT2D eigenvalue weighted by molar-refractivity contribution is 5.71. The van der Waals surface area contributed by atoms with Crippen LogP contribution >= 0.6 is 0 Å². The van der Waals surface area contributed by atoms with Gasteiger partial charge in [0.15, 0.2) is 0 Å². The van der Waals surface area contributed by atoms with Gasteiger partial charge in [-0.15, -0.1) is 0 Å². The first kappa shape index (κ1) is 8.65. The van der Waals surface area contributed by atoms with Gasteiger partial charge in [-0.3, -0.25) is 4.98 Å². The van der Waals surface area contributed by atoms with E-state index >= 15 is 0 Å². The number of nitrogens with zero attached hydrogens (tertiary/aromatic N) is 1. The molecule has 0 saturated heterocycles. The molecule has 0 atom stereocenters. The van der Waals surface area contributed by atoms with E-state index < -0.39 is 5.83 Å². The van der Waals surface area contributed by atoms with Crippen LogP contribution < -0.4 is 0 Å². The molecule has 0 spiro atoms. The van der Waals surface area contributed by atoms with E-state index in [1.807, 2.05) is 0 Å². The summed E-state index contributed by atoms with van der Waals surface area (Å²) in [6, 6.07) is 3.31. The molecule has 0 saturated carbocycles. The topological polar surface area (TPSA) is 12.9 Å². The van der Waals surface area contributed by atoms with E-state index in [0.717, 1.165) is 5.57 Å². The molecule has 1 aromatic heterocycles. The fourth-order valence-corrected chi connectivity index (χ4v) is 0.964. The molecule has 0 radical (unpaired) electrons. The Morgan fingerprint density at radius 2 is 2.17 bits per heavy atom. The van der Waals surface area contributed by atoms with Crippen LogP contribution in [0.1, 0.15) is 18.2 Å². The third-order valence-corrected chi connectivity index (χ3v) is 1.50. The second-order valence-corrected chi connectivity index (χ2v) is 2.58. The summed E-state index contributed by atoms with van der Waals surface area (Å²) >= 11 is 0. The number of allylic oxidation sites excluding steroid dienone is 1. The summed E-state index contributed by atoms with van der Waals surface area (Å²) in [5.41, 5.74) is 1.74. The van der Waals surface area contributed by atoms with Gasteiger partial charge < -0.3 is 0 Å². The zero-order chi connectivity index (χ0) is 9.14. The van der Waals surface area contributed by atoms with Crippen molar-refractivity contribution in [2.24, 2.45) is 0 Å². The largest absolute Gasteiger partial charge is 0.256 e. The fraction of sp³-hybridized carbons (Fsp3) is 0.100. The van der Waals surface area contributed by atoms with Gasteiger partial charge in [0.1, 0.15) is 5.83 Å². The Labute approximate surface area is 71.3 Å². The molecule has 1 rings (SSSR count). The summed E-state index contributed by atoms with van der Waals surface area (Å²) in [5.74, 6) is -0.471. The van der Waals surface area contributed by atoms with Crippen molar-refractivity contribution in [1.29, 1.82) is 0 Å². The molecule has 0 fully saturated rings. The molecule has 2 heteroatoms. The highest BCUT2D eigenvalue weighted by Gasteiger charge is 2.05. The molecule has 0 amide bonds.